The normalized spacial score (nSPS) is 14.5. The Morgan fingerprint density at radius 3 is 2.53 bits per heavy atom. The number of rotatable bonds is 7. The van der Waals surface area contributed by atoms with Crippen LogP contribution in [0.5, 0.6) is 11.5 Å². The van der Waals surface area contributed by atoms with Gasteiger partial charge in [-0.05, 0) is 36.6 Å². The lowest BCUT2D eigenvalue weighted by molar-refractivity contribution is -0.130. The average molecular weight is 411 g/mol. The van der Waals surface area contributed by atoms with Crippen LogP contribution >= 0.6 is 0 Å². The highest BCUT2D eigenvalue weighted by molar-refractivity contribution is 5.86. The Labute approximate surface area is 178 Å². The Bertz CT molecular complexity index is 884. The maximum Gasteiger partial charge on any atom is 0.242 e. The van der Waals surface area contributed by atoms with Crippen LogP contribution in [0.3, 0.4) is 0 Å². The lowest BCUT2D eigenvalue weighted by atomic mass is 10.00. The van der Waals surface area contributed by atoms with E-state index in [1.807, 2.05) is 48.2 Å². The van der Waals surface area contributed by atoms with Crippen molar-refractivity contribution in [3.05, 3.63) is 59.7 Å². The van der Waals surface area contributed by atoms with Crippen LogP contribution in [-0.4, -0.2) is 56.7 Å². The van der Waals surface area contributed by atoms with E-state index in [0.29, 0.717) is 30.5 Å². The van der Waals surface area contributed by atoms with Crippen LogP contribution in [0.1, 0.15) is 18.1 Å². The van der Waals surface area contributed by atoms with Crippen molar-refractivity contribution in [1.82, 2.24) is 15.5 Å². The van der Waals surface area contributed by atoms with E-state index in [4.69, 9.17) is 9.47 Å². The van der Waals surface area contributed by atoms with E-state index in [2.05, 4.69) is 27.8 Å². The summed E-state index contributed by atoms with van der Waals surface area (Å²) in [6, 6.07) is 15.8. The van der Waals surface area contributed by atoms with Gasteiger partial charge in [-0.2, -0.15) is 0 Å². The molecule has 7 heteroatoms. The minimum Gasteiger partial charge on any atom is -0.493 e. The number of benzene rings is 2. The molecule has 0 fully saturated rings. The van der Waals surface area contributed by atoms with Crippen molar-refractivity contribution in [2.24, 2.45) is 4.99 Å². The van der Waals surface area contributed by atoms with Crippen LogP contribution in [0.15, 0.2) is 53.5 Å². The van der Waals surface area contributed by atoms with Gasteiger partial charge in [0.05, 0.1) is 20.2 Å². The number of nitrogens with zero attached hydrogens (tertiary/aromatic N) is 2. The Morgan fingerprint density at radius 2 is 1.80 bits per heavy atom. The van der Waals surface area contributed by atoms with Gasteiger partial charge < -0.3 is 25.0 Å². The molecule has 0 bridgehead atoms. The summed E-state index contributed by atoms with van der Waals surface area (Å²) in [5, 5.41) is 6.30. The number of hydrogen-bond donors (Lipinski definition) is 2. The van der Waals surface area contributed by atoms with Crippen LogP contribution in [0.4, 0.5) is 0 Å². The third-order valence-electron chi connectivity index (χ3n) is 5.07. The van der Waals surface area contributed by atoms with E-state index >= 15 is 0 Å². The van der Waals surface area contributed by atoms with Gasteiger partial charge in [0.25, 0.3) is 0 Å². The Balaban J connectivity index is 1.44. The fourth-order valence-electron chi connectivity index (χ4n) is 3.42. The zero-order valence-electron chi connectivity index (χ0n) is 17.9. The average Bonchev–Trinajstić information content (AvgIpc) is 2.79. The summed E-state index contributed by atoms with van der Waals surface area (Å²) >= 11 is 0. The molecule has 2 aromatic rings. The van der Waals surface area contributed by atoms with Gasteiger partial charge in [-0.25, -0.2) is 0 Å². The van der Waals surface area contributed by atoms with Crippen LogP contribution in [0.2, 0.25) is 0 Å². The van der Waals surface area contributed by atoms with Crippen LogP contribution in [0.25, 0.3) is 0 Å². The van der Waals surface area contributed by atoms with Crippen LogP contribution < -0.4 is 20.1 Å². The highest BCUT2D eigenvalue weighted by atomic mass is 16.5. The molecule has 0 saturated heterocycles. The summed E-state index contributed by atoms with van der Waals surface area (Å²) in [5.41, 5.74) is 2.55. The smallest absolute Gasteiger partial charge is 0.242 e. The minimum absolute atomic E-state index is 0.0609. The van der Waals surface area contributed by atoms with Crippen molar-refractivity contribution in [3.63, 3.8) is 0 Å². The summed E-state index contributed by atoms with van der Waals surface area (Å²) in [4.78, 5) is 18.7. The molecule has 1 aliphatic heterocycles. The number of para-hydroxylation sites is 2. The van der Waals surface area contributed by atoms with Gasteiger partial charge in [-0.3, -0.25) is 9.79 Å². The fraction of sp³-hybridized carbons (Fsp3) is 0.391. The first-order valence-corrected chi connectivity index (χ1v) is 10.2. The molecule has 0 spiro atoms. The summed E-state index contributed by atoms with van der Waals surface area (Å²) in [7, 11) is 3.30. The molecule has 1 unspecified atom stereocenters. The molecule has 1 amide bonds. The van der Waals surface area contributed by atoms with E-state index in [9.17, 15) is 4.79 Å². The van der Waals surface area contributed by atoms with Gasteiger partial charge >= 0.3 is 0 Å². The standard InChI is InChI=1S/C23H30N4O3/c1-17(30-21-11-7-6-10-20(21)29-3)14-25-23(24-2)26-15-22(28)27-13-12-18-8-4-5-9-19(18)16-27/h4-11,17H,12-16H2,1-3H3,(H2,24,25,26). The monoisotopic (exact) mass is 410 g/mol. The largest absolute Gasteiger partial charge is 0.493 e. The summed E-state index contributed by atoms with van der Waals surface area (Å²) in [6.07, 6.45) is 0.779. The third kappa shape index (κ3) is 5.65. The van der Waals surface area contributed by atoms with Crippen molar-refractivity contribution in [1.29, 1.82) is 0 Å². The number of methoxy groups -OCH3 is 1. The molecule has 2 N–H and O–H groups in total. The zero-order valence-corrected chi connectivity index (χ0v) is 17.9. The minimum atomic E-state index is -0.117. The van der Waals surface area contributed by atoms with E-state index in [1.54, 1.807) is 14.2 Å². The second-order valence-corrected chi connectivity index (χ2v) is 7.22. The van der Waals surface area contributed by atoms with Gasteiger partial charge in [0.2, 0.25) is 5.91 Å². The summed E-state index contributed by atoms with van der Waals surface area (Å²) in [5.74, 6) is 2.01. The lowest BCUT2D eigenvalue weighted by Crippen LogP contribution is -2.47. The number of fused-ring (bicyclic) bond motifs is 1. The van der Waals surface area contributed by atoms with Crippen molar-refractivity contribution < 1.29 is 14.3 Å². The SMILES string of the molecule is CN=C(NCC(=O)N1CCc2ccccc2C1)NCC(C)Oc1ccccc1OC. The van der Waals surface area contributed by atoms with Crippen LogP contribution in [-0.2, 0) is 17.8 Å². The zero-order chi connectivity index (χ0) is 21.3. The number of amides is 1. The molecular weight excluding hydrogens is 380 g/mol. The number of carbonyl (C=O) groups excluding carboxylic acids is 1. The Kier molecular flexibility index (Phi) is 7.54. The number of hydrogen-bond acceptors (Lipinski definition) is 4. The molecule has 0 aromatic heterocycles. The molecule has 0 radical (unpaired) electrons. The van der Waals surface area contributed by atoms with E-state index in [0.717, 1.165) is 13.0 Å². The number of guanidine groups is 1. The molecule has 2 aromatic carbocycles. The predicted octanol–water partition coefficient (Wildman–Crippen LogP) is 2.21. The van der Waals surface area contributed by atoms with E-state index < -0.39 is 0 Å². The van der Waals surface area contributed by atoms with Gasteiger partial charge in [-0.1, -0.05) is 36.4 Å². The number of ether oxygens (including phenoxy) is 2. The molecule has 0 aliphatic carbocycles. The lowest BCUT2D eigenvalue weighted by Gasteiger charge is -2.29. The first-order valence-electron chi connectivity index (χ1n) is 10.2. The van der Waals surface area contributed by atoms with Crippen molar-refractivity contribution in [2.75, 3.05) is 33.8 Å². The molecule has 1 aliphatic rings. The molecule has 7 nitrogen and oxygen atoms in total. The number of carbonyl (C=O) groups is 1. The van der Waals surface area contributed by atoms with E-state index in [1.165, 1.54) is 11.1 Å². The third-order valence-corrected chi connectivity index (χ3v) is 5.07. The maximum absolute atomic E-state index is 12.6. The first kappa shape index (κ1) is 21.5. The summed E-state index contributed by atoms with van der Waals surface area (Å²) < 4.78 is 11.3. The van der Waals surface area contributed by atoms with Gasteiger partial charge in [0.15, 0.2) is 17.5 Å². The van der Waals surface area contributed by atoms with Gasteiger partial charge in [0.1, 0.15) is 6.10 Å². The number of nitrogens with one attached hydrogen (secondary N) is 2. The van der Waals surface area contributed by atoms with Gasteiger partial charge in [0, 0.05) is 20.1 Å². The van der Waals surface area contributed by atoms with Crippen LogP contribution in [0, 0.1) is 0 Å². The molecule has 1 heterocycles. The quantitative estimate of drug-likeness (QED) is 0.541. The summed E-state index contributed by atoms with van der Waals surface area (Å²) in [6.45, 7) is 4.09. The first-order chi connectivity index (χ1) is 14.6. The van der Waals surface area contributed by atoms with E-state index in [-0.39, 0.29) is 18.6 Å². The highest BCUT2D eigenvalue weighted by Crippen LogP contribution is 2.26. The second kappa shape index (κ2) is 10.5. The molecule has 1 atom stereocenters. The molecule has 30 heavy (non-hydrogen) atoms. The Hall–Kier alpha value is -3.22. The van der Waals surface area contributed by atoms with Crippen molar-refractivity contribution in [2.45, 2.75) is 26.0 Å². The second-order valence-electron chi connectivity index (χ2n) is 7.22. The number of aliphatic imine (C=N–C) groups is 1. The highest BCUT2D eigenvalue weighted by Gasteiger charge is 2.20. The topological polar surface area (TPSA) is 75.2 Å². The molecule has 160 valence electrons. The fourth-order valence-corrected chi connectivity index (χ4v) is 3.42. The molecule has 0 saturated carbocycles. The maximum atomic E-state index is 12.6. The predicted molar refractivity (Wildman–Crippen MR) is 118 cm³/mol. The van der Waals surface area contributed by atoms with Gasteiger partial charge in [-0.15, -0.1) is 0 Å². The van der Waals surface area contributed by atoms with Crippen molar-refractivity contribution >= 4 is 11.9 Å². The molecule has 3 rings (SSSR count). The Morgan fingerprint density at radius 1 is 1.10 bits per heavy atom. The van der Waals surface area contributed by atoms with Crippen molar-refractivity contribution in [3.8, 4) is 11.5 Å². The molecular formula is C23H30N4O3.